The van der Waals surface area contributed by atoms with Crippen LogP contribution in [-0.2, 0) is 14.6 Å². The largest absolute Gasteiger partial charge is 0.471 e. The average Bonchev–Trinajstić information content (AvgIpc) is 2.96. The van der Waals surface area contributed by atoms with E-state index in [0.717, 1.165) is 6.42 Å². The van der Waals surface area contributed by atoms with E-state index in [9.17, 15) is 8.42 Å². The van der Waals surface area contributed by atoms with Crippen molar-refractivity contribution in [2.75, 3.05) is 18.1 Å². The predicted octanol–water partition coefficient (Wildman–Crippen LogP) is 5.55. The van der Waals surface area contributed by atoms with Crippen molar-refractivity contribution in [3.8, 4) is 0 Å². The van der Waals surface area contributed by atoms with E-state index in [1.54, 1.807) is 0 Å². The van der Waals surface area contributed by atoms with Gasteiger partial charge in [-0.3, -0.25) is 0 Å². The fraction of sp³-hybridized carbons (Fsp3) is 0.952. The van der Waals surface area contributed by atoms with Crippen LogP contribution in [0.1, 0.15) is 103 Å². The molecule has 0 aromatic heterocycles. The summed E-state index contributed by atoms with van der Waals surface area (Å²) < 4.78 is 28.3. The molecule has 1 saturated heterocycles. The molecule has 1 rings (SSSR count). The highest BCUT2D eigenvalue weighted by Gasteiger charge is 2.28. The van der Waals surface area contributed by atoms with Gasteiger partial charge in [0.05, 0.1) is 18.1 Å². The monoisotopic (exact) mass is 419 g/mol. The molecule has 1 fully saturated rings. The molecule has 0 amide bonds. The normalized spacial score (nSPS) is 18.5. The minimum atomic E-state index is -2.87. The summed E-state index contributed by atoms with van der Waals surface area (Å²) in [6, 6.07) is -0.0705. The zero-order valence-electron chi connectivity index (χ0n) is 17.3. The summed E-state index contributed by atoms with van der Waals surface area (Å²) in [7, 11) is -2.87. The third kappa shape index (κ3) is 14.3. The molecule has 0 aromatic rings. The Morgan fingerprint density at radius 2 is 1.37 bits per heavy atom. The molecule has 1 aliphatic rings. The molecule has 1 heterocycles. The first-order chi connectivity index (χ1) is 13.0. The summed E-state index contributed by atoms with van der Waals surface area (Å²) in [5, 5.41) is 3.37. The van der Waals surface area contributed by atoms with Crippen molar-refractivity contribution in [1.82, 2.24) is 5.32 Å². The molecule has 0 bridgehead atoms. The quantitative estimate of drug-likeness (QED) is 0.263. The number of hydrogen-bond acceptors (Lipinski definition) is 4. The summed E-state index contributed by atoms with van der Waals surface area (Å²) in [6.45, 7) is 2.90. The van der Waals surface area contributed by atoms with Crippen LogP contribution in [0.15, 0.2) is 0 Å². The molecule has 1 N–H and O–H groups in total. The number of ether oxygens (including phenoxy) is 1. The maximum absolute atomic E-state index is 11.4. The minimum absolute atomic E-state index is 0.0705. The van der Waals surface area contributed by atoms with Crippen LogP contribution in [0.4, 0.5) is 0 Å². The van der Waals surface area contributed by atoms with E-state index in [1.807, 2.05) is 0 Å². The van der Waals surface area contributed by atoms with Gasteiger partial charge in [-0.1, -0.05) is 90.4 Å². The number of unbranched alkanes of at least 4 members (excludes halogenated alkanes) is 13. The molecule has 27 heavy (non-hydrogen) atoms. The Morgan fingerprint density at radius 1 is 0.889 bits per heavy atom. The van der Waals surface area contributed by atoms with Crippen LogP contribution in [0.5, 0.6) is 0 Å². The lowest BCUT2D eigenvalue weighted by atomic mass is 10.0. The Bertz CT molecular complexity index is 480. The van der Waals surface area contributed by atoms with Gasteiger partial charge in [-0.05, 0) is 25.1 Å². The van der Waals surface area contributed by atoms with Crippen molar-refractivity contribution < 1.29 is 13.2 Å². The Hall–Kier alpha value is -0.360. The lowest BCUT2D eigenvalue weighted by molar-refractivity contribution is 0.283. The minimum Gasteiger partial charge on any atom is -0.471 e. The van der Waals surface area contributed by atoms with Gasteiger partial charge in [0.1, 0.15) is 0 Å². The first-order valence-electron chi connectivity index (χ1n) is 11.2. The first-order valence-corrected chi connectivity index (χ1v) is 13.4. The second kappa shape index (κ2) is 15.5. The molecular formula is C21H41NO3S2. The predicted molar refractivity (Wildman–Crippen MR) is 119 cm³/mol. The molecule has 4 nitrogen and oxygen atoms in total. The van der Waals surface area contributed by atoms with Gasteiger partial charge in [0.25, 0.3) is 5.17 Å². The van der Waals surface area contributed by atoms with Crippen molar-refractivity contribution in [3.63, 3.8) is 0 Å². The molecule has 160 valence electrons. The molecular weight excluding hydrogens is 378 g/mol. The number of sulfone groups is 1. The molecule has 1 aliphatic heterocycles. The lowest BCUT2D eigenvalue weighted by Crippen LogP contribution is -2.35. The van der Waals surface area contributed by atoms with Gasteiger partial charge in [-0.15, -0.1) is 0 Å². The smallest absolute Gasteiger partial charge is 0.256 e. The zero-order chi connectivity index (χ0) is 19.8. The highest BCUT2D eigenvalue weighted by atomic mass is 32.2. The van der Waals surface area contributed by atoms with Crippen molar-refractivity contribution >= 4 is 27.2 Å². The van der Waals surface area contributed by atoms with E-state index in [0.29, 0.717) is 18.2 Å². The van der Waals surface area contributed by atoms with Gasteiger partial charge in [0.2, 0.25) is 0 Å². The Labute approximate surface area is 173 Å². The second-order valence-corrected chi connectivity index (χ2v) is 10.6. The number of hydrogen-bond donors (Lipinski definition) is 1. The molecule has 0 spiro atoms. The number of nitrogens with one attached hydrogen (secondary N) is 1. The van der Waals surface area contributed by atoms with E-state index in [1.165, 1.54) is 83.5 Å². The SMILES string of the molecule is CCCCCCCCCCCCCCCCOC(=S)NC1CCS(=O)(=O)C1. The molecule has 1 atom stereocenters. The zero-order valence-corrected chi connectivity index (χ0v) is 19.0. The Kier molecular flexibility index (Phi) is 14.2. The summed E-state index contributed by atoms with van der Waals surface area (Å²) in [5.41, 5.74) is 0. The maximum Gasteiger partial charge on any atom is 0.256 e. The summed E-state index contributed by atoms with van der Waals surface area (Å²) >= 11 is 5.14. The van der Waals surface area contributed by atoms with Crippen molar-refractivity contribution in [3.05, 3.63) is 0 Å². The van der Waals surface area contributed by atoms with E-state index >= 15 is 0 Å². The van der Waals surface area contributed by atoms with Gasteiger partial charge in [0, 0.05) is 6.04 Å². The highest BCUT2D eigenvalue weighted by molar-refractivity contribution is 7.91. The van der Waals surface area contributed by atoms with Crippen LogP contribution in [-0.4, -0.2) is 37.7 Å². The van der Waals surface area contributed by atoms with Crippen molar-refractivity contribution in [2.24, 2.45) is 0 Å². The fourth-order valence-corrected chi connectivity index (χ4v) is 5.50. The Morgan fingerprint density at radius 3 is 1.81 bits per heavy atom. The average molecular weight is 420 g/mol. The summed E-state index contributed by atoms with van der Waals surface area (Å²) in [5.74, 6) is 0.432. The second-order valence-electron chi connectivity index (χ2n) is 7.98. The number of thiocarbonyl (C=S) groups is 1. The third-order valence-electron chi connectivity index (χ3n) is 5.29. The van der Waals surface area contributed by atoms with E-state index in [-0.39, 0.29) is 17.5 Å². The van der Waals surface area contributed by atoms with Crippen LogP contribution in [0.2, 0.25) is 0 Å². The molecule has 0 radical (unpaired) electrons. The molecule has 0 aromatic carbocycles. The summed E-state index contributed by atoms with van der Waals surface area (Å²) in [6.07, 6.45) is 19.4. The van der Waals surface area contributed by atoms with Gasteiger partial charge in [0.15, 0.2) is 9.84 Å². The van der Waals surface area contributed by atoms with Crippen molar-refractivity contribution in [2.45, 2.75) is 109 Å². The van der Waals surface area contributed by atoms with E-state index in [2.05, 4.69) is 12.2 Å². The van der Waals surface area contributed by atoms with Crippen molar-refractivity contribution in [1.29, 1.82) is 0 Å². The molecule has 0 saturated carbocycles. The molecule has 1 unspecified atom stereocenters. The topological polar surface area (TPSA) is 55.4 Å². The van der Waals surface area contributed by atoms with Crippen LogP contribution >= 0.6 is 12.2 Å². The maximum atomic E-state index is 11.4. The van der Waals surface area contributed by atoms with Gasteiger partial charge in [-0.25, -0.2) is 8.42 Å². The van der Waals surface area contributed by atoms with Gasteiger partial charge < -0.3 is 10.1 Å². The highest BCUT2D eigenvalue weighted by Crippen LogP contribution is 2.13. The van der Waals surface area contributed by atoms with E-state index in [4.69, 9.17) is 17.0 Å². The van der Waals surface area contributed by atoms with Crippen LogP contribution in [0.25, 0.3) is 0 Å². The van der Waals surface area contributed by atoms with Crippen LogP contribution < -0.4 is 5.32 Å². The van der Waals surface area contributed by atoms with Crippen LogP contribution in [0.3, 0.4) is 0 Å². The first kappa shape index (κ1) is 24.7. The summed E-state index contributed by atoms with van der Waals surface area (Å²) in [4.78, 5) is 0. The fourth-order valence-electron chi connectivity index (χ4n) is 3.58. The van der Waals surface area contributed by atoms with Gasteiger partial charge in [-0.2, -0.15) is 0 Å². The third-order valence-corrected chi connectivity index (χ3v) is 7.29. The van der Waals surface area contributed by atoms with E-state index < -0.39 is 9.84 Å². The van der Waals surface area contributed by atoms with Crippen LogP contribution in [0, 0.1) is 0 Å². The lowest BCUT2D eigenvalue weighted by Gasteiger charge is -2.13. The van der Waals surface area contributed by atoms with Gasteiger partial charge >= 0.3 is 0 Å². The molecule has 6 heteroatoms. The Balaban J connectivity index is 1.78. The standard InChI is InChI=1S/C21H41NO3S2/c1-2-3-4-5-6-7-8-9-10-11-12-13-14-15-17-25-21(26)22-20-16-18-27(23,24)19-20/h20H,2-19H2,1H3,(H,22,26). The number of rotatable bonds is 16. The molecule has 0 aliphatic carbocycles.